The van der Waals surface area contributed by atoms with Crippen molar-refractivity contribution in [3.8, 4) is 0 Å². The van der Waals surface area contributed by atoms with E-state index in [0.717, 1.165) is 48.9 Å². The van der Waals surface area contributed by atoms with E-state index >= 15 is 0 Å². The number of imidazole rings is 1. The SMILES string of the molecule is CCn1c(NC(=O)[C@@H]2C[C@H]3CC[C@@]2(C)C[C@@]32NC(=O)c3ccccc3N2)nc2ccccc21. The molecule has 33 heavy (non-hydrogen) atoms. The van der Waals surface area contributed by atoms with Crippen LogP contribution in [0.2, 0.25) is 0 Å². The second-order valence-corrected chi connectivity index (χ2v) is 10.1. The zero-order valence-corrected chi connectivity index (χ0v) is 19.0. The first-order valence-electron chi connectivity index (χ1n) is 11.9. The number of nitrogens with zero attached hydrogens (tertiary/aromatic N) is 2. The molecule has 7 heteroatoms. The van der Waals surface area contributed by atoms with Gasteiger partial charge in [-0.25, -0.2) is 4.98 Å². The normalized spacial score (nSPS) is 30.1. The molecule has 1 spiro atoms. The van der Waals surface area contributed by atoms with Crippen LogP contribution in [0.5, 0.6) is 0 Å². The lowest BCUT2D eigenvalue weighted by atomic mass is 9.51. The zero-order valence-electron chi connectivity index (χ0n) is 19.0. The van der Waals surface area contributed by atoms with Crippen LogP contribution in [-0.4, -0.2) is 27.0 Å². The molecule has 3 fully saturated rings. The van der Waals surface area contributed by atoms with E-state index in [2.05, 4.69) is 39.3 Å². The maximum absolute atomic E-state index is 13.6. The van der Waals surface area contributed by atoms with Crippen molar-refractivity contribution in [1.29, 1.82) is 0 Å². The maximum Gasteiger partial charge on any atom is 0.255 e. The zero-order chi connectivity index (χ0) is 22.8. The monoisotopic (exact) mass is 443 g/mol. The Hall–Kier alpha value is -3.35. The summed E-state index contributed by atoms with van der Waals surface area (Å²) in [6.07, 6.45) is 3.43. The van der Waals surface area contributed by atoms with Crippen molar-refractivity contribution in [2.24, 2.45) is 17.3 Å². The Morgan fingerprint density at radius 3 is 2.79 bits per heavy atom. The van der Waals surface area contributed by atoms with Crippen LogP contribution in [0.1, 0.15) is 49.9 Å². The smallest absolute Gasteiger partial charge is 0.255 e. The van der Waals surface area contributed by atoms with Crippen LogP contribution in [0, 0.1) is 17.3 Å². The van der Waals surface area contributed by atoms with E-state index in [9.17, 15) is 9.59 Å². The minimum absolute atomic E-state index is 0.0295. The van der Waals surface area contributed by atoms with Gasteiger partial charge in [-0.3, -0.25) is 14.9 Å². The molecule has 0 unspecified atom stereocenters. The number of benzene rings is 2. The Bertz CT molecular complexity index is 1280. The van der Waals surface area contributed by atoms with Crippen LogP contribution in [0.25, 0.3) is 11.0 Å². The number of hydrogen-bond donors (Lipinski definition) is 3. The molecule has 7 nitrogen and oxygen atoms in total. The van der Waals surface area contributed by atoms with Crippen molar-refractivity contribution >= 4 is 34.5 Å². The molecule has 3 saturated carbocycles. The van der Waals surface area contributed by atoms with Crippen LogP contribution in [0.15, 0.2) is 48.5 Å². The highest BCUT2D eigenvalue weighted by molar-refractivity contribution is 6.02. The Morgan fingerprint density at radius 1 is 1.18 bits per heavy atom. The summed E-state index contributed by atoms with van der Waals surface area (Å²) in [5.41, 5.74) is 2.77. The number of carbonyl (C=O) groups excluding carboxylic acids is 2. The van der Waals surface area contributed by atoms with E-state index < -0.39 is 5.66 Å². The number of rotatable bonds is 3. The van der Waals surface area contributed by atoms with Gasteiger partial charge in [0.1, 0.15) is 5.66 Å². The number of carbonyl (C=O) groups is 2. The molecule has 4 aliphatic rings. The van der Waals surface area contributed by atoms with Crippen LogP contribution >= 0.6 is 0 Å². The van der Waals surface area contributed by atoms with Gasteiger partial charge >= 0.3 is 0 Å². The summed E-state index contributed by atoms with van der Waals surface area (Å²) in [5.74, 6) is 0.685. The molecule has 3 aliphatic carbocycles. The molecule has 3 aromatic rings. The van der Waals surface area contributed by atoms with E-state index in [4.69, 9.17) is 0 Å². The third-order valence-corrected chi connectivity index (χ3v) is 8.19. The summed E-state index contributed by atoms with van der Waals surface area (Å²) in [4.78, 5) is 31.2. The topological polar surface area (TPSA) is 88.0 Å². The average Bonchev–Trinajstić information content (AvgIpc) is 3.15. The molecule has 7 rings (SSSR count). The number of aromatic nitrogens is 2. The van der Waals surface area contributed by atoms with Crippen molar-refractivity contribution in [1.82, 2.24) is 14.9 Å². The lowest BCUT2D eigenvalue weighted by Gasteiger charge is -2.60. The Kier molecular flexibility index (Phi) is 4.34. The first-order chi connectivity index (χ1) is 15.9. The number of aryl methyl sites for hydroxylation is 1. The van der Waals surface area contributed by atoms with Crippen LogP contribution < -0.4 is 16.0 Å². The van der Waals surface area contributed by atoms with Gasteiger partial charge in [0.15, 0.2) is 0 Å². The summed E-state index contributed by atoms with van der Waals surface area (Å²) in [5, 5.41) is 10.1. The highest BCUT2D eigenvalue weighted by Gasteiger charge is 2.60. The highest BCUT2D eigenvalue weighted by Crippen LogP contribution is 2.58. The van der Waals surface area contributed by atoms with Gasteiger partial charge < -0.3 is 15.2 Å². The molecule has 170 valence electrons. The van der Waals surface area contributed by atoms with Crippen LogP contribution in [-0.2, 0) is 11.3 Å². The standard InChI is InChI=1S/C26H29N5O2/c1-3-31-21-11-7-6-10-20(21)27-24(31)28-23(33)18-14-16-12-13-25(18,2)15-26(16)29-19-9-5-4-8-17(19)22(32)30-26/h4-11,16,18,29H,3,12-15H2,1-2H3,(H,30,32)(H,27,28,33)/t16-,18+,25+,26-/m1/s1. The summed E-state index contributed by atoms with van der Waals surface area (Å²) in [6.45, 7) is 5.00. The van der Waals surface area contributed by atoms with Crippen molar-refractivity contribution < 1.29 is 9.59 Å². The molecule has 0 radical (unpaired) electrons. The van der Waals surface area contributed by atoms with Gasteiger partial charge in [-0.15, -0.1) is 0 Å². The number of nitrogens with one attached hydrogen (secondary N) is 3. The fraction of sp³-hybridized carbons (Fsp3) is 0.423. The second-order valence-electron chi connectivity index (χ2n) is 10.1. The largest absolute Gasteiger partial charge is 0.362 e. The molecule has 2 amide bonds. The van der Waals surface area contributed by atoms with Crippen LogP contribution in [0.4, 0.5) is 11.6 Å². The van der Waals surface area contributed by atoms with Gasteiger partial charge in [0.2, 0.25) is 11.9 Å². The van der Waals surface area contributed by atoms with Gasteiger partial charge in [0, 0.05) is 24.1 Å². The summed E-state index contributed by atoms with van der Waals surface area (Å²) in [7, 11) is 0. The molecule has 2 bridgehead atoms. The van der Waals surface area contributed by atoms with Gasteiger partial charge in [-0.05, 0) is 62.3 Å². The third kappa shape index (κ3) is 2.98. The van der Waals surface area contributed by atoms with Gasteiger partial charge in [-0.1, -0.05) is 31.2 Å². The molecule has 1 aliphatic heterocycles. The molecular formula is C26H29N5O2. The highest BCUT2D eigenvalue weighted by atomic mass is 16.2. The Labute approximate surface area is 193 Å². The molecule has 3 N–H and O–H groups in total. The quantitative estimate of drug-likeness (QED) is 0.561. The lowest BCUT2D eigenvalue weighted by Crippen LogP contribution is -2.70. The molecule has 0 saturated heterocycles. The minimum atomic E-state index is -0.494. The predicted octanol–water partition coefficient (Wildman–Crippen LogP) is 4.37. The van der Waals surface area contributed by atoms with E-state index in [1.165, 1.54) is 0 Å². The summed E-state index contributed by atoms with van der Waals surface area (Å²) in [6, 6.07) is 15.6. The minimum Gasteiger partial charge on any atom is -0.362 e. The number of para-hydroxylation sites is 3. The van der Waals surface area contributed by atoms with Crippen molar-refractivity contribution in [3.05, 3.63) is 54.1 Å². The third-order valence-electron chi connectivity index (χ3n) is 8.19. The lowest BCUT2D eigenvalue weighted by molar-refractivity contribution is -0.134. The van der Waals surface area contributed by atoms with Gasteiger partial charge in [-0.2, -0.15) is 0 Å². The number of hydrogen-bond acceptors (Lipinski definition) is 4. The predicted molar refractivity (Wildman–Crippen MR) is 128 cm³/mol. The van der Waals surface area contributed by atoms with E-state index in [1.807, 2.05) is 48.5 Å². The number of amides is 2. The fourth-order valence-electron chi connectivity index (χ4n) is 6.54. The Balaban J connectivity index is 1.28. The number of anilines is 2. The fourth-order valence-corrected chi connectivity index (χ4v) is 6.54. The van der Waals surface area contributed by atoms with Crippen LogP contribution in [0.3, 0.4) is 0 Å². The summed E-state index contributed by atoms with van der Waals surface area (Å²) >= 11 is 0. The molecule has 2 aromatic carbocycles. The van der Waals surface area contributed by atoms with E-state index in [1.54, 1.807) is 0 Å². The van der Waals surface area contributed by atoms with Gasteiger partial charge in [0.25, 0.3) is 5.91 Å². The number of fused-ring (bicyclic) bond motifs is 4. The second kappa shape index (κ2) is 7.07. The molecule has 4 atom stereocenters. The van der Waals surface area contributed by atoms with Crippen molar-refractivity contribution in [3.63, 3.8) is 0 Å². The van der Waals surface area contributed by atoms with Crippen molar-refractivity contribution in [2.75, 3.05) is 10.6 Å². The van der Waals surface area contributed by atoms with E-state index in [0.29, 0.717) is 11.5 Å². The Morgan fingerprint density at radius 2 is 1.97 bits per heavy atom. The molecule has 1 aromatic heterocycles. The average molecular weight is 444 g/mol. The summed E-state index contributed by atoms with van der Waals surface area (Å²) < 4.78 is 2.05. The molecular weight excluding hydrogens is 414 g/mol. The first-order valence-corrected chi connectivity index (χ1v) is 11.9. The molecule has 2 heterocycles. The van der Waals surface area contributed by atoms with E-state index in [-0.39, 0.29) is 29.1 Å². The maximum atomic E-state index is 13.6. The first kappa shape index (κ1) is 20.3. The van der Waals surface area contributed by atoms with Gasteiger partial charge in [0.05, 0.1) is 16.6 Å². The van der Waals surface area contributed by atoms with Crippen molar-refractivity contribution in [2.45, 2.75) is 51.7 Å².